The number of nitrogens with zero attached hydrogens (tertiary/aromatic N) is 3. The number of H-pyrrole nitrogens is 1. The second-order valence-corrected chi connectivity index (χ2v) is 6.88. The van der Waals surface area contributed by atoms with Gasteiger partial charge >= 0.3 is 12.2 Å². The van der Waals surface area contributed by atoms with E-state index in [1.165, 1.54) is 19.1 Å². The number of amides is 1. The molecular weight excluding hydrogens is 415 g/mol. The molecule has 11 heteroatoms. The zero-order valence-corrected chi connectivity index (χ0v) is 16.6. The van der Waals surface area contributed by atoms with Crippen molar-refractivity contribution < 1.29 is 22.4 Å². The van der Waals surface area contributed by atoms with Crippen LogP contribution >= 0.6 is 0 Å². The molecule has 0 fully saturated rings. The van der Waals surface area contributed by atoms with Gasteiger partial charge in [0.05, 0.1) is 17.0 Å². The highest BCUT2D eigenvalue weighted by Crippen LogP contribution is 2.38. The Morgan fingerprint density at radius 3 is 2.35 bits per heavy atom. The fourth-order valence-electron chi connectivity index (χ4n) is 3.21. The van der Waals surface area contributed by atoms with Gasteiger partial charge in [0, 0.05) is 0 Å². The number of rotatable bonds is 3. The Hall–Kier alpha value is -3.89. The lowest BCUT2D eigenvalue weighted by atomic mass is 10.1. The number of aromatic nitrogens is 4. The van der Waals surface area contributed by atoms with Gasteiger partial charge < -0.3 is 4.42 Å². The minimum Gasteiger partial charge on any atom is -0.428 e. The summed E-state index contributed by atoms with van der Waals surface area (Å²) in [7, 11) is 0. The summed E-state index contributed by atoms with van der Waals surface area (Å²) in [5.41, 5.74) is -2.33. The van der Waals surface area contributed by atoms with E-state index in [0.717, 1.165) is 0 Å². The van der Waals surface area contributed by atoms with Gasteiger partial charge in [-0.1, -0.05) is 30.3 Å². The first-order valence-corrected chi connectivity index (χ1v) is 9.11. The van der Waals surface area contributed by atoms with Crippen molar-refractivity contribution in [3.63, 3.8) is 0 Å². The molecule has 1 amide bonds. The van der Waals surface area contributed by atoms with Crippen LogP contribution in [0.25, 0.3) is 16.8 Å². The summed E-state index contributed by atoms with van der Waals surface area (Å²) < 4.78 is 47.0. The second-order valence-electron chi connectivity index (χ2n) is 6.88. The summed E-state index contributed by atoms with van der Waals surface area (Å²) >= 11 is 0. The molecule has 0 radical (unpaired) electrons. The van der Waals surface area contributed by atoms with Gasteiger partial charge in [0.1, 0.15) is 17.0 Å². The Kier molecular flexibility index (Phi) is 4.68. The number of carbonyl (C=O) groups excluding carboxylic acids is 1. The number of fused-ring (bicyclic) bond motifs is 1. The number of aryl methyl sites for hydroxylation is 3. The minimum atomic E-state index is -4.78. The Bertz CT molecular complexity index is 1350. The average Bonchev–Trinajstić information content (AvgIpc) is 3.22. The first-order valence-electron chi connectivity index (χ1n) is 9.11. The second kappa shape index (κ2) is 7.11. The summed E-state index contributed by atoms with van der Waals surface area (Å²) in [6, 6.07) is 7.64. The van der Waals surface area contributed by atoms with Crippen LogP contribution < -0.4 is 10.9 Å². The molecule has 0 saturated heterocycles. The van der Waals surface area contributed by atoms with Gasteiger partial charge in [0.2, 0.25) is 0 Å². The van der Waals surface area contributed by atoms with E-state index >= 15 is 0 Å². The topological polar surface area (TPSA) is 105 Å². The predicted octanol–water partition coefficient (Wildman–Crippen LogP) is 3.87. The Balaban J connectivity index is 1.91. The number of halogens is 3. The van der Waals surface area contributed by atoms with E-state index in [-0.39, 0.29) is 28.5 Å². The van der Waals surface area contributed by atoms with Crippen molar-refractivity contribution in [3.05, 3.63) is 69.1 Å². The number of alkyl halides is 3. The van der Waals surface area contributed by atoms with Gasteiger partial charge in [-0.05, 0) is 26.3 Å². The monoisotopic (exact) mass is 431 g/mol. The molecule has 0 bridgehead atoms. The SMILES string of the molecule is Cc1nc(NC(=O)c2c(C)nc3c(-c4ccccc4)c(C(F)(F)F)[nH]n3c2=O)oc1C. The Morgan fingerprint density at radius 1 is 1.10 bits per heavy atom. The Labute approximate surface area is 172 Å². The molecule has 3 heterocycles. The molecule has 0 aliphatic rings. The fraction of sp³-hybridized carbons (Fsp3) is 0.200. The van der Waals surface area contributed by atoms with Gasteiger partial charge in [-0.3, -0.25) is 20.0 Å². The van der Waals surface area contributed by atoms with Crippen LogP contribution in [0.4, 0.5) is 19.2 Å². The fourth-order valence-corrected chi connectivity index (χ4v) is 3.21. The number of aromatic amines is 1. The third kappa shape index (κ3) is 3.47. The average molecular weight is 431 g/mol. The van der Waals surface area contributed by atoms with E-state index in [0.29, 0.717) is 16.0 Å². The lowest BCUT2D eigenvalue weighted by Crippen LogP contribution is -2.29. The molecule has 4 aromatic rings. The van der Waals surface area contributed by atoms with E-state index in [1.807, 2.05) is 0 Å². The highest BCUT2D eigenvalue weighted by molar-refractivity contribution is 6.04. The van der Waals surface area contributed by atoms with E-state index in [1.54, 1.807) is 32.0 Å². The van der Waals surface area contributed by atoms with Crippen LogP contribution in [-0.4, -0.2) is 25.5 Å². The van der Waals surface area contributed by atoms with Gasteiger partial charge in [-0.25, -0.2) is 4.98 Å². The van der Waals surface area contributed by atoms with Crippen molar-refractivity contribution in [3.8, 4) is 11.1 Å². The molecule has 0 aliphatic carbocycles. The third-order valence-electron chi connectivity index (χ3n) is 4.78. The molecule has 0 atom stereocenters. The molecule has 1 aromatic carbocycles. The number of hydrogen-bond donors (Lipinski definition) is 2. The largest absolute Gasteiger partial charge is 0.433 e. The van der Waals surface area contributed by atoms with Crippen molar-refractivity contribution in [2.45, 2.75) is 26.9 Å². The van der Waals surface area contributed by atoms with Crippen molar-refractivity contribution in [1.29, 1.82) is 0 Å². The third-order valence-corrected chi connectivity index (χ3v) is 4.78. The van der Waals surface area contributed by atoms with Gasteiger partial charge in [0.25, 0.3) is 11.5 Å². The quantitative estimate of drug-likeness (QED) is 0.512. The lowest BCUT2D eigenvalue weighted by Gasteiger charge is -2.07. The van der Waals surface area contributed by atoms with Crippen LogP contribution in [-0.2, 0) is 6.18 Å². The molecule has 2 N–H and O–H groups in total. The van der Waals surface area contributed by atoms with Crippen molar-refractivity contribution >= 4 is 17.6 Å². The first-order chi connectivity index (χ1) is 14.6. The van der Waals surface area contributed by atoms with Crippen LogP contribution in [0.2, 0.25) is 0 Å². The van der Waals surface area contributed by atoms with Crippen molar-refractivity contribution in [2.75, 3.05) is 5.32 Å². The standard InChI is InChI=1S/C20H16F3N5O3/c1-9-11(3)31-19(25-9)26-17(29)13-10(2)24-16-14(12-7-5-4-6-8-12)15(20(21,22)23)27-28(16)18(13)30/h4-8,27H,1-3H3,(H,25,26,29). The van der Waals surface area contributed by atoms with E-state index in [9.17, 15) is 22.8 Å². The summed E-state index contributed by atoms with van der Waals surface area (Å²) in [5, 5.41) is 4.41. The molecular formula is C20H16F3N5O3. The predicted molar refractivity (Wildman–Crippen MR) is 105 cm³/mol. The maximum absolute atomic E-state index is 13.7. The van der Waals surface area contributed by atoms with Crippen LogP contribution in [0.5, 0.6) is 0 Å². The van der Waals surface area contributed by atoms with E-state index in [2.05, 4.69) is 20.4 Å². The number of carbonyl (C=O) groups is 1. The number of benzene rings is 1. The van der Waals surface area contributed by atoms with Gasteiger partial charge in [-0.15, -0.1) is 0 Å². The zero-order chi connectivity index (χ0) is 22.5. The van der Waals surface area contributed by atoms with E-state index in [4.69, 9.17) is 4.42 Å². The highest BCUT2D eigenvalue weighted by Gasteiger charge is 2.38. The smallest absolute Gasteiger partial charge is 0.428 e. The molecule has 0 unspecified atom stereocenters. The molecule has 0 saturated carbocycles. The number of anilines is 1. The van der Waals surface area contributed by atoms with Crippen molar-refractivity contribution in [1.82, 2.24) is 19.6 Å². The van der Waals surface area contributed by atoms with Crippen LogP contribution in [0.3, 0.4) is 0 Å². The maximum Gasteiger partial charge on any atom is 0.433 e. The molecule has 31 heavy (non-hydrogen) atoms. The molecule has 160 valence electrons. The maximum atomic E-state index is 13.7. The van der Waals surface area contributed by atoms with Crippen LogP contribution in [0, 0.1) is 20.8 Å². The number of nitrogens with one attached hydrogen (secondary N) is 2. The molecule has 0 spiro atoms. The summed E-state index contributed by atoms with van der Waals surface area (Å²) in [5.74, 6) is -0.418. The zero-order valence-electron chi connectivity index (χ0n) is 16.6. The van der Waals surface area contributed by atoms with Crippen LogP contribution in [0.1, 0.15) is 33.2 Å². The molecule has 3 aromatic heterocycles. The van der Waals surface area contributed by atoms with Crippen LogP contribution in [0.15, 0.2) is 39.5 Å². The van der Waals surface area contributed by atoms with Gasteiger partial charge in [0.15, 0.2) is 5.65 Å². The van der Waals surface area contributed by atoms with Crippen molar-refractivity contribution in [2.24, 2.45) is 0 Å². The van der Waals surface area contributed by atoms with Gasteiger partial charge in [-0.2, -0.15) is 22.7 Å². The summed E-state index contributed by atoms with van der Waals surface area (Å²) in [4.78, 5) is 33.8. The molecule has 0 aliphatic heterocycles. The summed E-state index contributed by atoms with van der Waals surface area (Å²) in [6.07, 6.45) is -4.78. The Morgan fingerprint density at radius 2 is 1.77 bits per heavy atom. The molecule has 8 nitrogen and oxygen atoms in total. The number of oxazole rings is 1. The number of hydrogen-bond acceptors (Lipinski definition) is 5. The van der Waals surface area contributed by atoms with E-state index < -0.39 is 28.9 Å². The minimum absolute atomic E-state index is 0.0348. The highest BCUT2D eigenvalue weighted by atomic mass is 19.4. The normalized spacial score (nSPS) is 11.8. The lowest BCUT2D eigenvalue weighted by molar-refractivity contribution is -0.140. The first kappa shape index (κ1) is 20.4. The molecule has 4 rings (SSSR count). The summed E-state index contributed by atoms with van der Waals surface area (Å²) in [6.45, 7) is 4.69.